The Kier molecular flexibility index (Phi) is 3.63. The third-order valence-electron chi connectivity index (χ3n) is 3.40. The molecule has 116 valence electrons. The number of H-pyrrole nitrogens is 2. The van der Waals surface area contributed by atoms with E-state index in [1.54, 1.807) is 6.07 Å². The highest BCUT2D eigenvalue weighted by Crippen LogP contribution is 2.14. The lowest BCUT2D eigenvalue weighted by Crippen LogP contribution is -2.25. The molecular weight excluding hydrogens is 304 g/mol. The Labute approximate surface area is 127 Å². The van der Waals surface area contributed by atoms with E-state index in [1.807, 2.05) is 30.1 Å². The minimum Gasteiger partial charge on any atom is -0.357 e. The van der Waals surface area contributed by atoms with Crippen LogP contribution in [-0.2, 0) is 23.5 Å². The number of hydrogen-bond acceptors (Lipinski definition) is 3. The maximum Gasteiger partial charge on any atom is 0.323 e. The highest BCUT2D eigenvalue weighted by Gasteiger charge is 2.14. The molecule has 8 heteroatoms. The van der Waals surface area contributed by atoms with E-state index in [4.69, 9.17) is 0 Å². The van der Waals surface area contributed by atoms with Gasteiger partial charge >= 0.3 is 5.69 Å². The molecule has 22 heavy (non-hydrogen) atoms. The van der Waals surface area contributed by atoms with Crippen LogP contribution in [0.5, 0.6) is 0 Å². The van der Waals surface area contributed by atoms with Crippen LogP contribution in [0.2, 0.25) is 0 Å². The highest BCUT2D eigenvalue weighted by molar-refractivity contribution is 7.89. The maximum atomic E-state index is 12.3. The molecular formula is C14H16N4O3S. The molecule has 0 aliphatic carbocycles. The van der Waals surface area contributed by atoms with Gasteiger partial charge in [0.15, 0.2) is 0 Å². The average Bonchev–Trinajstić information content (AvgIpc) is 3.02. The summed E-state index contributed by atoms with van der Waals surface area (Å²) in [6.07, 6.45) is 4.48. The second kappa shape index (κ2) is 5.47. The zero-order valence-corrected chi connectivity index (χ0v) is 12.8. The van der Waals surface area contributed by atoms with E-state index in [9.17, 15) is 13.2 Å². The Morgan fingerprint density at radius 2 is 1.95 bits per heavy atom. The van der Waals surface area contributed by atoms with Gasteiger partial charge in [0.1, 0.15) is 0 Å². The van der Waals surface area contributed by atoms with Gasteiger partial charge in [0, 0.05) is 26.0 Å². The van der Waals surface area contributed by atoms with Gasteiger partial charge in [0.25, 0.3) is 0 Å². The number of sulfonamides is 1. The fourth-order valence-electron chi connectivity index (χ4n) is 2.30. The van der Waals surface area contributed by atoms with Crippen LogP contribution in [-0.4, -0.2) is 29.5 Å². The lowest BCUT2D eigenvalue weighted by Gasteiger charge is -2.06. The summed E-state index contributed by atoms with van der Waals surface area (Å²) in [5.74, 6) is 0. The van der Waals surface area contributed by atoms with Gasteiger partial charge in [-0.15, -0.1) is 0 Å². The summed E-state index contributed by atoms with van der Waals surface area (Å²) < 4.78 is 29.0. The summed E-state index contributed by atoms with van der Waals surface area (Å²) in [5, 5.41) is 0. The third-order valence-corrected chi connectivity index (χ3v) is 4.86. The summed E-state index contributed by atoms with van der Waals surface area (Å²) in [7, 11) is -1.68. The molecule has 0 atom stereocenters. The van der Waals surface area contributed by atoms with E-state index in [2.05, 4.69) is 14.7 Å². The standard InChI is InChI=1S/C14H16N4O3S/c1-18-7-5-10(9-18)4-6-15-22(20,21)11-2-3-12-13(8-11)17-14(19)16-12/h2-3,5,7-9,15H,4,6H2,1H3,(H2,16,17,19). The Hall–Kier alpha value is -2.32. The van der Waals surface area contributed by atoms with Gasteiger partial charge in [0.05, 0.1) is 15.9 Å². The number of benzene rings is 1. The summed E-state index contributed by atoms with van der Waals surface area (Å²) in [4.78, 5) is 16.5. The van der Waals surface area contributed by atoms with Crippen molar-refractivity contribution in [3.8, 4) is 0 Å². The molecule has 0 spiro atoms. The minimum absolute atomic E-state index is 0.128. The first kappa shape index (κ1) is 14.6. The van der Waals surface area contributed by atoms with E-state index in [-0.39, 0.29) is 10.6 Å². The van der Waals surface area contributed by atoms with Crippen molar-refractivity contribution >= 4 is 21.1 Å². The minimum atomic E-state index is -3.60. The van der Waals surface area contributed by atoms with Crippen LogP contribution in [0, 0.1) is 0 Å². The first-order valence-electron chi connectivity index (χ1n) is 6.77. The molecule has 7 nitrogen and oxygen atoms in total. The first-order valence-corrected chi connectivity index (χ1v) is 8.25. The number of rotatable bonds is 5. The van der Waals surface area contributed by atoms with Gasteiger partial charge in [-0.2, -0.15) is 0 Å². The van der Waals surface area contributed by atoms with Gasteiger partial charge in [-0.1, -0.05) is 0 Å². The number of aryl methyl sites for hydroxylation is 1. The van der Waals surface area contributed by atoms with Crippen molar-refractivity contribution in [1.29, 1.82) is 0 Å². The molecule has 0 aliphatic heterocycles. The second-order valence-corrected chi connectivity index (χ2v) is 6.89. The van der Waals surface area contributed by atoms with E-state index in [1.165, 1.54) is 12.1 Å². The Bertz CT molecular complexity index is 965. The molecule has 0 aliphatic rings. The lowest BCUT2D eigenvalue weighted by molar-refractivity contribution is 0.582. The van der Waals surface area contributed by atoms with Crippen LogP contribution in [0.3, 0.4) is 0 Å². The number of hydrogen-bond donors (Lipinski definition) is 3. The summed E-state index contributed by atoms with van der Waals surface area (Å²) >= 11 is 0. The van der Waals surface area contributed by atoms with Crippen molar-refractivity contribution in [3.63, 3.8) is 0 Å². The molecule has 0 fully saturated rings. The molecule has 0 saturated heterocycles. The second-order valence-electron chi connectivity index (χ2n) is 5.12. The molecule has 0 unspecified atom stereocenters. The Balaban J connectivity index is 1.74. The topological polar surface area (TPSA) is 99.8 Å². The molecule has 3 aromatic rings. The zero-order valence-electron chi connectivity index (χ0n) is 12.0. The number of nitrogens with zero attached hydrogens (tertiary/aromatic N) is 1. The predicted molar refractivity (Wildman–Crippen MR) is 83.2 cm³/mol. The SMILES string of the molecule is Cn1ccc(CCNS(=O)(=O)c2ccc3[nH]c(=O)[nH]c3c2)c1. The van der Waals surface area contributed by atoms with Gasteiger partial charge in [-0.05, 0) is 36.2 Å². The fourth-order valence-corrected chi connectivity index (χ4v) is 3.36. The molecule has 0 amide bonds. The summed E-state index contributed by atoms with van der Waals surface area (Å²) in [5.41, 5.74) is 1.75. The maximum absolute atomic E-state index is 12.3. The van der Waals surface area contributed by atoms with Gasteiger partial charge in [-0.3, -0.25) is 0 Å². The Morgan fingerprint density at radius 3 is 2.68 bits per heavy atom. The van der Waals surface area contributed by atoms with Crippen LogP contribution in [0.15, 0.2) is 46.3 Å². The first-order chi connectivity index (χ1) is 10.4. The molecule has 3 rings (SSSR count). The van der Waals surface area contributed by atoms with Crippen LogP contribution < -0.4 is 10.4 Å². The van der Waals surface area contributed by atoms with Crippen LogP contribution in [0.1, 0.15) is 5.56 Å². The molecule has 0 bridgehead atoms. The van der Waals surface area contributed by atoms with Crippen LogP contribution in [0.25, 0.3) is 11.0 Å². The van der Waals surface area contributed by atoms with E-state index >= 15 is 0 Å². The van der Waals surface area contributed by atoms with Crippen molar-refractivity contribution in [2.75, 3.05) is 6.54 Å². The summed E-state index contributed by atoms with van der Waals surface area (Å²) in [6, 6.07) is 6.43. The Morgan fingerprint density at radius 1 is 1.18 bits per heavy atom. The van der Waals surface area contributed by atoms with Crippen molar-refractivity contribution in [2.45, 2.75) is 11.3 Å². The molecule has 0 radical (unpaired) electrons. The molecule has 1 aromatic carbocycles. The number of aromatic nitrogens is 3. The van der Waals surface area contributed by atoms with Crippen molar-refractivity contribution in [1.82, 2.24) is 19.3 Å². The number of imidazole rings is 1. The normalized spacial score (nSPS) is 12.0. The van der Waals surface area contributed by atoms with Crippen molar-refractivity contribution in [3.05, 3.63) is 52.7 Å². The predicted octanol–water partition coefficient (Wildman–Crippen LogP) is 0.716. The highest BCUT2D eigenvalue weighted by atomic mass is 32.2. The summed E-state index contributed by atoms with van der Waals surface area (Å²) in [6.45, 7) is 0.314. The number of nitrogens with one attached hydrogen (secondary N) is 3. The number of fused-ring (bicyclic) bond motifs is 1. The quantitative estimate of drug-likeness (QED) is 0.645. The van der Waals surface area contributed by atoms with Crippen LogP contribution >= 0.6 is 0 Å². The van der Waals surface area contributed by atoms with E-state index < -0.39 is 10.0 Å². The monoisotopic (exact) mass is 320 g/mol. The molecule has 3 N–H and O–H groups in total. The smallest absolute Gasteiger partial charge is 0.323 e. The molecule has 2 aromatic heterocycles. The van der Waals surface area contributed by atoms with Gasteiger partial charge in [0.2, 0.25) is 10.0 Å². The van der Waals surface area contributed by atoms with Gasteiger partial charge < -0.3 is 14.5 Å². The van der Waals surface area contributed by atoms with Gasteiger partial charge in [-0.25, -0.2) is 17.9 Å². The molecule has 0 saturated carbocycles. The fraction of sp³-hybridized carbons (Fsp3) is 0.214. The average molecular weight is 320 g/mol. The molecule has 2 heterocycles. The van der Waals surface area contributed by atoms with Crippen molar-refractivity contribution < 1.29 is 8.42 Å². The number of aromatic amines is 2. The van der Waals surface area contributed by atoms with E-state index in [0.717, 1.165) is 5.56 Å². The van der Waals surface area contributed by atoms with Crippen LogP contribution in [0.4, 0.5) is 0 Å². The lowest BCUT2D eigenvalue weighted by atomic mass is 10.2. The zero-order chi connectivity index (χ0) is 15.7. The largest absolute Gasteiger partial charge is 0.357 e. The van der Waals surface area contributed by atoms with Crippen molar-refractivity contribution in [2.24, 2.45) is 7.05 Å². The third kappa shape index (κ3) is 2.97. The van der Waals surface area contributed by atoms with E-state index in [0.29, 0.717) is 24.0 Å².